The normalized spacial score (nSPS) is 13.8. The fraction of sp³-hybridized carbons (Fsp3) is 0.579. The Balaban J connectivity index is 2.87. The Morgan fingerprint density at radius 1 is 1.11 bits per heavy atom. The Kier molecular flexibility index (Phi) is 9.06. The second-order valence-electron chi connectivity index (χ2n) is 6.95. The minimum Gasteiger partial charge on any atom is -0.451 e. The summed E-state index contributed by atoms with van der Waals surface area (Å²) in [5, 5.41) is 2.56. The van der Waals surface area contributed by atoms with Gasteiger partial charge in [-0.15, -0.1) is 0 Å². The number of hydrogen-bond acceptors (Lipinski definition) is 6. The lowest BCUT2D eigenvalue weighted by molar-refractivity contribution is -0.157. The molecule has 1 aromatic rings. The zero-order valence-corrected chi connectivity index (χ0v) is 18.1. The minimum atomic E-state index is -3.93. The van der Waals surface area contributed by atoms with Gasteiger partial charge in [0.2, 0.25) is 10.0 Å². The molecule has 0 aliphatic heterocycles. The third-order valence-corrected chi connectivity index (χ3v) is 5.70. The standard InChI is InChI=1S/C19H30N2O6S/c1-12(2)17(19(23)27-15(5)18(22)20-9-10-26-6)21-28(24,25)16-8-7-13(3)14(4)11-16/h7-8,11-12,15,17,21H,9-10H2,1-6H3,(H,20,22)/t15-,17+/m1/s1. The highest BCUT2D eigenvalue weighted by molar-refractivity contribution is 7.89. The number of ether oxygens (including phenoxy) is 2. The van der Waals surface area contributed by atoms with Gasteiger partial charge in [0.1, 0.15) is 6.04 Å². The molecule has 28 heavy (non-hydrogen) atoms. The monoisotopic (exact) mass is 414 g/mol. The first-order chi connectivity index (χ1) is 13.0. The van der Waals surface area contributed by atoms with Crippen molar-refractivity contribution in [2.75, 3.05) is 20.3 Å². The second kappa shape index (κ2) is 10.5. The highest BCUT2D eigenvalue weighted by Crippen LogP contribution is 2.17. The van der Waals surface area contributed by atoms with Crippen molar-refractivity contribution in [1.29, 1.82) is 0 Å². The first-order valence-electron chi connectivity index (χ1n) is 9.06. The summed E-state index contributed by atoms with van der Waals surface area (Å²) in [5.74, 6) is -1.67. The van der Waals surface area contributed by atoms with Crippen LogP contribution in [0, 0.1) is 19.8 Å². The third kappa shape index (κ3) is 6.88. The van der Waals surface area contributed by atoms with E-state index < -0.39 is 34.0 Å². The first kappa shape index (κ1) is 24.1. The molecule has 8 nitrogen and oxygen atoms in total. The van der Waals surface area contributed by atoms with E-state index in [4.69, 9.17) is 9.47 Å². The fourth-order valence-electron chi connectivity index (χ4n) is 2.29. The molecule has 0 spiro atoms. The van der Waals surface area contributed by atoms with Gasteiger partial charge >= 0.3 is 5.97 Å². The Labute approximate surface area is 167 Å². The number of carbonyl (C=O) groups excluding carboxylic acids is 2. The van der Waals surface area contributed by atoms with Crippen molar-refractivity contribution >= 4 is 21.9 Å². The summed E-state index contributed by atoms with van der Waals surface area (Å²) >= 11 is 0. The molecule has 0 saturated heterocycles. The van der Waals surface area contributed by atoms with Crippen LogP contribution in [0.1, 0.15) is 31.9 Å². The van der Waals surface area contributed by atoms with E-state index in [0.717, 1.165) is 11.1 Å². The summed E-state index contributed by atoms with van der Waals surface area (Å²) in [4.78, 5) is 24.5. The van der Waals surface area contributed by atoms with E-state index in [0.29, 0.717) is 6.61 Å². The number of amides is 1. The van der Waals surface area contributed by atoms with Gasteiger partial charge in [-0.3, -0.25) is 9.59 Å². The van der Waals surface area contributed by atoms with Crippen LogP contribution < -0.4 is 10.0 Å². The molecule has 0 saturated carbocycles. The topological polar surface area (TPSA) is 111 Å². The number of sulfonamides is 1. The summed E-state index contributed by atoms with van der Waals surface area (Å²) in [6.45, 7) is 9.12. The zero-order valence-electron chi connectivity index (χ0n) is 17.2. The molecule has 158 valence electrons. The summed E-state index contributed by atoms with van der Waals surface area (Å²) in [7, 11) is -2.43. The van der Waals surface area contributed by atoms with Crippen LogP contribution in [0.3, 0.4) is 0 Å². The van der Waals surface area contributed by atoms with Gasteiger partial charge in [0, 0.05) is 13.7 Å². The van der Waals surface area contributed by atoms with Crippen LogP contribution in [-0.2, 0) is 29.1 Å². The highest BCUT2D eigenvalue weighted by atomic mass is 32.2. The molecule has 0 aliphatic rings. The van der Waals surface area contributed by atoms with E-state index >= 15 is 0 Å². The predicted molar refractivity (Wildman–Crippen MR) is 105 cm³/mol. The van der Waals surface area contributed by atoms with Gasteiger partial charge < -0.3 is 14.8 Å². The molecular formula is C19H30N2O6S. The molecule has 9 heteroatoms. The molecule has 0 aliphatic carbocycles. The number of esters is 1. The Bertz CT molecular complexity index is 792. The molecule has 0 bridgehead atoms. The van der Waals surface area contributed by atoms with Crippen molar-refractivity contribution in [2.24, 2.45) is 5.92 Å². The van der Waals surface area contributed by atoms with Crippen molar-refractivity contribution in [2.45, 2.75) is 51.7 Å². The Morgan fingerprint density at radius 3 is 2.29 bits per heavy atom. The molecule has 1 rings (SSSR count). The van der Waals surface area contributed by atoms with Crippen molar-refractivity contribution in [3.63, 3.8) is 0 Å². The van der Waals surface area contributed by atoms with Gasteiger partial charge in [0.15, 0.2) is 6.10 Å². The maximum absolute atomic E-state index is 12.7. The van der Waals surface area contributed by atoms with Crippen LogP contribution in [0.2, 0.25) is 0 Å². The molecule has 0 fully saturated rings. The average Bonchev–Trinajstić information content (AvgIpc) is 2.61. The number of hydrogen-bond donors (Lipinski definition) is 2. The van der Waals surface area contributed by atoms with E-state index in [1.54, 1.807) is 26.0 Å². The molecule has 0 aromatic heterocycles. The van der Waals surface area contributed by atoms with E-state index in [9.17, 15) is 18.0 Å². The number of carbonyl (C=O) groups is 2. The molecule has 2 atom stereocenters. The van der Waals surface area contributed by atoms with Gasteiger partial charge in [0.25, 0.3) is 5.91 Å². The van der Waals surface area contributed by atoms with Gasteiger partial charge in [0.05, 0.1) is 11.5 Å². The van der Waals surface area contributed by atoms with Gasteiger partial charge in [-0.2, -0.15) is 4.72 Å². The number of methoxy groups -OCH3 is 1. The summed E-state index contributed by atoms with van der Waals surface area (Å²) in [6.07, 6.45) is -1.06. The van der Waals surface area contributed by atoms with Crippen LogP contribution in [0.15, 0.2) is 23.1 Å². The lowest BCUT2D eigenvalue weighted by Gasteiger charge is -2.23. The Hall–Kier alpha value is -1.97. The fourth-order valence-corrected chi connectivity index (χ4v) is 3.71. The molecular weight excluding hydrogens is 384 g/mol. The summed E-state index contributed by atoms with van der Waals surface area (Å²) < 4.78 is 37.8. The number of nitrogens with one attached hydrogen (secondary N) is 2. The van der Waals surface area contributed by atoms with E-state index in [2.05, 4.69) is 10.0 Å². The smallest absolute Gasteiger partial charge is 0.325 e. The average molecular weight is 415 g/mol. The lowest BCUT2D eigenvalue weighted by atomic mass is 10.1. The lowest BCUT2D eigenvalue weighted by Crippen LogP contribution is -2.47. The number of aryl methyl sites for hydroxylation is 2. The van der Waals surface area contributed by atoms with Crippen molar-refractivity contribution in [3.05, 3.63) is 29.3 Å². The summed E-state index contributed by atoms with van der Waals surface area (Å²) in [6, 6.07) is 3.62. The van der Waals surface area contributed by atoms with Crippen molar-refractivity contribution < 1.29 is 27.5 Å². The van der Waals surface area contributed by atoms with Crippen LogP contribution in [0.5, 0.6) is 0 Å². The molecule has 0 radical (unpaired) electrons. The maximum Gasteiger partial charge on any atom is 0.325 e. The van der Waals surface area contributed by atoms with E-state index in [-0.39, 0.29) is 17.4 Å². The van der Waals surface area contributed by atoms with Gasteiger partial charge in [-0.05, 0) is 49.9 Å². The molecule has 1 amide bonds. The first-order valence-corrected chi connectivity index (χ1v) is 10.5. The van der Waals surface area contributed by atoms with Crippen LogP contribution in [0.4, 0.5) is 0 Å². The van der Waals surface area contributed by atoms with E-state index in [1.807, 2.05) is 13.8 Å². The number of rotatable bonds is 10. The quantitative estimate of drug-likeness (QED) is 0.441. The number of benzene rings is 1. The SMILES string of the molecule is COCCNC(=O)[C@@H](C)OC(=O)[C@@H](NS(=O)(=O)c1ccc(C)c(C)c1)C(C)C. The van der Waals surface area contributed by atoms with Gasteiger partial charge in [-0.1, -0.05) is 19.9 Å². The largest absolute Gasteiger partial charge is 0.451 e. The van der Waals surface area contributed by atoms with Crippen LogP contribution in [-0.4, -0.2) is 52.7 Å². The second-order valence-corrected chi connectivity index (χ2v) is 8.67. The van der Waals surface area contributed by atoms with Gasteiger partial charge in [-0.25, -0.2) is 8.42 Å². The zero-order chi connectivity index (χ0) is 21.5. The highest BCUT2D eigenvalue weighted by Gasteiger charge is 2.31. The molecule has 0 heterocycles. The summed E-state index contributed by atoms with van der Waals surface area (Å²) in [5.41, 5.74) is 1.79. The molecule has 1 aromatic carbocycles. The molecule has 0 unspecified atom stereocenters. The van der Waals surface area contributed by atoms with E-state index in [1.165, 1.54) is 20.1 Å². The van der Waals surface area contributed by atoms with Crippen molar-refractivity contribution in [1.82, 2.24) is 10.0 Å². The maximum atomic E-state index is 12.7. The predicted octanol–water partition coefficient (Wildman–Crippen LogP) is 1.30. The molecule has 2 N–H and O–H groups in total. The van der Waals surface area contributed by atoms with Crippen LogP contribution >= 0.6 is 0 Å². The Morgan fingerprint density at radius 2 is 1.75 bits per heavy atom. The third-order valence-electron chi connectivity index (χ3n) is 4.26. The minimum absolute atomic E-state index is 0.0689. The van der Waals surface area contributed by atoms with Crippen LogP contribution in [0.25, 0.3) is 0 Å². The van der Waals surface area contributed by atoms with Crippen molar-refractivity contribution in [3.8, 4) is 0 Å².